The normalized spacial score (nSPS) is 15.6. The van der Waals surface area contributed by atoms with Gasteiger partial charge in [0.25, 0.3) is 5.91 Å². The molecule has 1 aliphatic heterocycles. The number of carbonyl (C=O) groups is 1. The van der Waals surface area contributed by atoms with E-state index in [0.717, 1.165) is 38.0 Å². The van der Waals surface area contributed by atoms with Gasteiger partial charge in [-0.05, 0) is 33.2 Å². The van der Waals surface area contributed by atoms with Gasteiger partial charge < -0.3 is 10.6 Å². The van der Waals surface area contributed by atoms with E-state index < -0.39 is 0 Å². The van der Waals surface area contributed by atoms with Gasteiger partial charge in [0.15, 0.2) is 0 Å². The Kier molecular flexibility index (Phi) is 3.86. The Morgan fingerprint density at radius 2 is 1.37 bits per heavy atom. The minimum atomic E-state index is -0.289. The summed E-state index contributed by atoms with van der Waals surface area (Å²) < 4.78 is 0. The van der Waals surface area contributed by atoms with Crippen molar-refractivity contribution < 1.29 is 4.79 Å². The average Bonchev–Trinajstić information content (AvgIpc) is 3.22. The van der Waals surface area contributed by atoms with Crippen molar-refractivity contribution in [1.29, 1.82) is 0 Å². The maximum Gasteiger partial charge on any atom is 0.256 e. The maximum atomic E-state index is 13.3. The molecule has 1 aliphatic rings. The number of benzene rings is 4. The molecular weight excluding hydrogens is 388 g/mol. The summed E-state index contributed by atoms with van der Waals surface area (Å²) in [6.45, 7) is 0. The van der Waals surface area contributed by atoms with Gasteiger partial charge in [0.2, 0.25) is 0 Å². The molecule has 0 spiro atoms. The van der Waals surface area contributed by atoms with Gasteiger partial charge in [-0.2, -0.15) is 0 Å². The van der Waals surface area contributed by atoms with Crippen molar-refractivity contribution >= 4 is 43.8 Å². The fraction of sp³-hybridized carbons (Fsp3) is 0.0385. The zero-order chi connectivity index (χ0) is 20.1. The molecule has 4 aromatic carbocycles. The largest absolute Gasteiger partial charge is 0.353 e. The van der Waals surface area contributed by atoms with Crippen LogP contribution in [0.15, 0.2) is 90.3 Å². The second-order valence-corrected chi connectivity index (χ2v) is 8.38. The minimum Gasteiger partial charge on any atom is -0.353 e. The molecule has 1 atom stereocenters. The summed E-state index contributed by atoms with van der Waals surface area (Å²) in [7, 11) is 0. The smallest absolute Gasteiger partial charge is 0.256 e. The molecule has 0 saturated carbocycles. The van der Waals surface area contributed by atoms with E-state index in [9.17, 15) is 4.79 Å². The first-order valence-corrected chi connectivity index (χ1v) is 10.8. The van der Waals surface area contributed by atoms with Crippen LogP contribution in [0.1, 0.15) is 22.1 Å². The number of anilines is 1. The van der Waals surface area contributed by atoms with Gasteiger partial charge in [-0.25, -0.2) is 0 Å². The molecule has 2 N–H and O–H groups in total. The van der Waals surface area contributed by atoms with Crippen LogP contribution < -0.4 is 10.6 Å². The number of hydrogen-bond donors (Lipinski definition) is 2. The van der Waals surface area contributed by atoms with Crippen molar-refractivity contribution in [1.82, 2.24) is 5.32 Å². The molecule has 6 rings (SSSR count). The number of thiophene rings is 1. The van der Waals surface area contributed by atoms with Crippen molar-refractivity contribution in [2.75, 3.05) is 5.32 Å². The Morgan fingerprint density at radius 3 is 2.07 bits per heavy atom. The summed E-state index contributed by atoms with van der Waals surface area (Å²) in [5, 5.41) is 14.5. The topological polar surface area (TPSA) is 41.1 Å². The van der Waals surface area contributed by atoms with Crippen LogP contribution in [0.4, 0.5) is 5.00 Å². The maximum absolute atomic E-state index is 13.3. The van der Waals surface area contributed by atoms with Crippen molar-refractivity contribution in [2.45, 2.75) is 6.17 Å². The van der Waals surface area contributed by atoms with Gasteiger partial charge in [-0.1, -0.05) is 78.9 Å². The van der Waals surface area contributed by atoms with E-state index in [1.807, 2.05) is 30.3 Å². The molecule has 4 heteroatoms. The third-order valence-corrected chi connectivity index (χ3v) is 6.67. The van der Waals surface area contributed by atoms with E-state index in [-0.39, 0.29) is 12.1 Å². The van der Waals surface area contributed by atoms with Gasteiger partial charge in [-0.3, -0.25) is 4.79 Å². The van der Waals surface area contributed by atoms with E-state index in [1.165, 1.54) is 10.8 Å². The van der Waals surface area contributed by atoms with E-state index in [4.69, 9.17) is 0 Å². The number of nitrogens with one attached hydrogen (secondary N) is 2. The van der Waals surface area contributed by atoms with Crippen LogP contribution in [0.3, 0.4) is 0 Å². The Balaban J connectivity index is 1.52. The van der Waals surface area contributed by atoms with Crippen molar-refractivity contribution in [3.05, 3.63) is 101 Å². The van der Waals surface area contributed by atoms with E-state index >= 15 is 0 Å². The van der Waals surface area contributed by atoms with Crippen LogP contribution in [-0.4, -0.2) is 5.91 Å². The van der Waals surface area contributed by atoms with Crippen LogP contribution in [0.2, 0.25) is 0 Å². The summed E-state index contributed by atoms with van der Waals surface area (Å²) in [5.74, 6) is -0.0362. The molecule has 0 fully saturated rings. The molecule has 1 amide bonds. The van der Waals surface area contributed by atoms with Crippen LogP contribution in [0.25, 0.3) is 32.7 Å². The number of rotatable bonds is 2. The zero-order valence-electron chi connectivity index (χ0n) is 16.1. The number of carbonyl (C=O) groups excluding carboxylic acids is 1. The Morgan fingerprint density at radius 1 is 0.733 bits per heavy atom. The van der Waals surface area contributed by atoms with E-state index in [1.54, 1.807) is 11.3 Å². The van der Waals surface area contributed by atoms with E-state index in [0.29, 0.717) is 0 Å². The highest BCUT2D eigenvalue weighted by molar-refractivity contribution is 7.15. The zero-order valence-corrected chi connectivity index (χ0v) is 16.9. The first-order valence-electron chi connectivity index (χ1n) is 9.94. The SMILES string of the molecule is O=C1NC(c2c3ccccc3cc3ccccc23)Nc2scc(-c3ccccc3)c21. The highest BCUT2D eigenvalue weighted by atomic mass is 32.1. The fourth-order valence-electron chi connectivity index (χ4n) is 4.39. The van der Waals surface area contributed by atoms with Crippen molar-refractivity contribution in [2.24, 2.45) is 0 Å². The Hall–Kier alpha value is -3.63. The van der Waals surface area contributed by atoms with Crippen LogP contribution in [0, 0.1) is 0 Å². The molecule has 144 valence electrons. The van der Waals surface area contributed by atoms with E-state index in [2.05, 4.69) is 70.6 Å². The standard InChI is InChI=1S/C26H18N2OS/c29-25-23-21(16-8-2-1-3-9-16)15-30-26(23)28-24(27-25)22-19-12-6-4-10-17(19)14-18-11-5-7-13-20(18)22/h1-15,24,28H,(H,27,29). The van der Waals surface area contributed by atoms with Gasteiger partial charge in [-0.15, -0.1) is 11.3 Å². The van der Waals surface area contributed by atoms with Gasteiger partial charge in [0, 0.05) is 16.5 Å². The third-order valence-electron chi connectivity index (χ3n) is 5.76. The highest BCUT2D eigenvalue weighted by Gasteiger charge is 2.30. The summed E-state index contributed by atoms with van der Waals surface area (Å²) in [4.78, 5) is 13.3. The average molecular weight is 407 g/mol. The van der Waals surface area contributed by atoms with Crippen LogP contribution >= 0.6 is 11.3 Å². The molecular formula is C26H18N2OS. The van der Waals surface area contributed by atoms with Gasteiger partial charge in [0.05, 0.1) is 5.56 Å². The summed E-state index contributed by atoms with van der Waals surface area (Å²) >= 11 is 1.59. The minimum absolute atomic E-state index is 0.0362. The molecule has 0 radical (unpaired) electrons. The molecule has 1 aromatic heterocycles. The Bertz CT molecular complexity index is 1370. The molecule has 1 unspecified atom stereocenters. The first kappa shape index (κ1) is 17.2. The predicted octanol–water partition coefficient (Wildman–Crippen LogP) is 6.58. The molecule has 0 saturated heterocycles. The van der Waals surface area contributed by atoms with Crippen molar-refractivity contribution in [3.8, 4) is 11.1 Å². The number of hydrogen-bond acceptors (Lipinski definition) is 3. The van der Waals surface area contributed by atoms with Crippen LogP contribution in [0.5, 0.6) is 0 Å². The third kappa shape index (κ3) is 2.61. The molecule has 2 heterocycles. The Labute approximate surface area is 178 Å². The molecule has 3 nitrogen and oxygen atoms in total. The summed E-state index contributed by atoms with van der Waals surface area (Å²) in [6, 6.07) is 29.0. The molecule has 0 bridgehead atoms. The molecule has 30 heavy (non-hydrogen) atoms. The summed E-state index contributed by atoms with van der Waals surface area (Å²) in [6.07, 6.45) is -0.289. The lowest BCUT2D eigenvalue weighted by Gasteiger charge is -2.28. The number of amides is 1. The first-order chi connectivity index (χ1) is 14.8. The lowest BCUT2D eigenvalue weighted by molar-refractivity contribution is 0.0937. The lowest BCUT2D eigenvalue weighted by Crippen LogP contribution is -2.38. The quantitative estimate of drug-likeness (QED) is 0.325. The lowest BCUT2D eigenvalue weighted by atomic mass is 9.93. The van der Waals surface area contributed by atoms with Crippen LogP contribution in [-0.2, 0) is 0 Å². The summed E-state index contributed by atoms with van der Waals surface area (Å²) in [5.41, 5.74) is 3.87. The predicted molar refractivity (Wildman–Crippen MR) is 125 cm³/mol. The van der Waals surface area contributed by atoms with Gasteiger partial charge >= 0.3 is 0 Å². The van der Waals surface area contributed by atoms with Crippen molar-refractivity contribution in [3.63, 3.8) is 0 Å². The molecule has 5 aromatic rings. The second-order valence-electron chi connectivity index (χ2n) is 7.50. The monoisotopic (exact) mass is 406 g/mol. The second kappa shape index (κ2) is 6.71. The number of fused-ring (bicyclic) bond motifs is 3. The fourth-order valence-corrected chi connectivity index (χ4v) is 5.39. The van der Waals surface area contributed by atoms with Gasteiger partial charge in [0.1, 0.15) is 11.2 Å². The highest BCUT2D eigenvalue weighted by Crippen LogP contribution is 2.41. The molecule has 0 aliphatic carbocycles.